The summed E-state index contributed by atoms with van der Waals surface area (Å²) >= 11 is 0. The molecule has 0 radical (unpaired) electrons. The number of sulfonamides is 1. The van der Waals surface area contributed by atoms with E-state index in [0.717, 1.165) is 28.4 Å². The Hall–Kier alpha value is -2.79. The number of rotatable bonds is 9. The van der Waals surface area contributed by atoms with Crippen LogP contribution in [-0.4, -0.2) is 43.0 Å². The second-order valence-electron chi connectivity index (χ2n) is 7.61. The van der Waals surface area contributed by atoms with E-state index in [2.05, 4.69) is 10.3 Å². The van der Waals surface area contributed by atoms with Crippen molar-refractivity contribution in [3.63, 3.8) is 0 Å². The fourth-order valence-electron chi connectivity index (χ4n) is 3.44. The minimum Gasteiger partial charge on any atom is -0.492 e. The Bertz CT molecular complexity index is 1240. The zero-order valence-corrected chi connectivity index (χ0v) is 19.7. The van der Waals surface area contributed by atoms with E-state index in [1.165, 1.54) is 32.3 Å². The first-order chi connectivity index (χ1) is 15.5. The summed E-state index contributed by atoms with van der Waals surface area (Å²) in [6, 6.07) is 8.03. The lowest BCUT2D eigenvalue weighted by atomic mass is 10.1. The van der Waals surface area contributed by atoms with E-state index in [-0.39, 0.29) is 17.1 Å². The molecule has 0 bridgehead atoms. The van der Waals surface area contributed by atoms with Gasteiger partial charge in [-0.25, -0.2) is 17.7 Å². The monoisotopic (exact) mass is 484 g/mol. The lowest BCUT2D eigenvalue weighted by Gasteiger charge is -2.16. The number of hydrogen-bond donors (Lipinski definition) is 1. The second kappa shape index (κ2) is 9.60. The Morgan fingerprint density at radius 2 is 1.85 bits per heavy atom. The van der Waals surface area contributed by atoms with Crippen molar-refractivity contribution >= 4 is 26.7 Å². The molecule has 1 heterocycles. The summed E-state index contributed by atoms with van der Waals surface area (Å²) in [5.74, 6) is 0.883. The highest BCUT2D eigenvalue weighted by Gasteiger charge is 2.31. The molecule has 0 fully saturated rings. The van der Waals surface area contributed by atoms with Crippen LogP contribution in [0.5, 0.6) is 5.75 Å². The van der Waals surface area contributed by atoms with Gasteiger partial charge in [0.25, 0.3) is 0 Å². The standard InChI is InChI=1S/C22H27F3N4O3S/c1-5-11-29-19-9-8-16(33(30,31)28(3)4)13-17(19)27-21(29)14-26-18-12-15(22(23,24)25)7-10-20(18)32-6-2/h7-10,12-13,26H,5-6,11,14H2,1-4H3. The molecular formula is C22H27F3N4O3S. The van der Waals surface area contributed by atoms with Gasteiger partial charge in [0.15, 0.2) is 0 Å². The summed E-state index contributed by atoms with van der Waals surface area (Å²) in [6.07, 6.45) is -3.69. The van der Waals surface area contributed by atoms with Crippen molar-refractivity contribution < 1.29 is 26.3 Å². The average molecular weight is 485 g/mol. The van der Waals surface area contributed by atoms with Crippen LogP contribution in [0.3, 0.4) is 0 Å². The van der Waals surface area contributed by atoms with Gasteiger partial charge in [-0.05, 0) is 49.7 Å². The molecule has 180 valence electrons. The third-order valence-corrected chi connectivity index (χ3v) is 6.88. The minimum atomic E-state index is -4.48. The Labute approximate surface area is 191 Å². The van der Waals surface area contributed by atoms with Gasteiger partial charge in [0.2, 0.25) is 10.0 Å². The van der Waals surface area contributed by atoms with Gasteiger partial charge in [-0.15, -0.1) is 0 Å². The number of benzene rings is 2. The number of halogens is 3. The number of nitrogens with one attached hydrogen (secondary N) is 1. The van der Waals surface area contributed by atoms with Crippen LogP contribution in [-0.2, 0) is 29.3 Å². The second-order valence-corrected chi connectivity index (χ2v) is 9.76. The minimum absolute atomic E-state index is 0.122. The molecule has 1 aromatic heterocycles. The molecule has 0 atom stereocenters. The first-order valence-corrected chi connectivity index (χ1v) is 11.9. The molecule has 0 aliphatic carbocycles. The van der Waals surface area contributed by atoms with Gasteiger partial charge in [-0.1, -0.05) is 6.92 Å². The number of imidazole rings is 1. The van der Waals surface area contributed by atoms with E-state index >= 15 is 0 Å². The molecule has 3 aromatic rings. The Balaban J connectivity index is 2.00. The van der Waals surface area contributed by atoms with Crippen LogP contribution >= 0.6 is 0 Å². The van der Waals surface area contributed by atoms with Crippen molar-refractivity contribution in [2.75, 3.05) is 26.0 Å². The SMILES string of the molecule is CCCn1c(CNc2cc(C(F)(F)F)ccc2OCC)nc2cc(S(=O)(=O)N(C)C)ccc21. The highest BCUT2D eigenvalue weighted by Crippen LogP contribution is 2.35. The lowest BCUT2D eigenvalue weighted by Crippen LogP contribution is -2.22. The maximum Gasteiger partial charge on any atom is 0.416 e. The van der Waals surface area contributed by atoms with E-state index < -0.39 is 21.8 Å². The van der Waals surface area contributed by atoms with Crippen molar-refractivity contribution in [1.29, 1.82) is 0 Å². The number of aromatic nitrogens is 2. The number of ether oxygens (including phenoxy) is 1. The molecule has 11 heteroatoms. The van der Waals surface area contributed by atoms with Crippen molar-refractivity contribution in [2.45, 2.75) is 44.4 Å². The van der Waals surface area contributed by atoms with Crippen molar-refractivity contribution in [1.82, 2.24) is 13.9 Å². The van der Waals surface area contributed by atoms with E-state index in [0.29, 0.717) is 30.2 Å². The molecule has 0 aliphatic heterocycles. The van der Waals surface area contributed by atoms with Crippen LogP contribution in [0.1, 0.15) is 31.7 Å². The normalized spacial score (nSPS) is 12.5. The van der Waals surface area contributed by atoms with Crippen LogP contribution in [0, 0.1) is 0 Å². The number of hydrogen-bond acceptors (Lipinski definition) is 5. The van der Waals surface area contributed by atoms with Gasteiger partial charge in [0.05, 0.1) is 40.3 Å². The summed E-state index contributed by atoms with van der Waals surface area (Å²) in [6.45, 7) is 4.80. The molecular weight excluding hydrogens is 457 g/mol. The molecule has 0 saturated carbocycles. The molecule has 0 aliphatic rings. The molecule has 7 nitrogen and oxygen atoms in total. The molecule has 0 saturated heterocycles. The molecule has 33 heavy (non-hydrogen) atoms. The first-order valence-electron chi connectivity index (χ1n) is 10.5. The van der Waals surface area contributed by atoms with Gasteiger partial charge >= 0.3 is 6.18 Å². The predicted molar refractivity (Wildman–Crippen MR) is 121 cm³/mol. The summed E-state index contributed by atoms with van der Waals surface area (Å²) in [4.78, 5) is 4.70. The molecule has 0 spiro atoms. The third kappa shape index (κ3) is 5.25. The van der Waals surface area contributed by atoms with E-state index in [1.807, 2.05) is 11.5 Å². The number of nitrogens with zero attached hydrogens (tertiary/aromatic N) is 3. The Morgan fingerprint density at radius 3 is 2.45 bits per heavy atom. The van der Waals surface area contributed by atoms with Crippen LogP contribution < -0.4 is 10.1 Å². The van der Waals surface area contributed by atoms with Gasteiger partial charge in [0.1, 0.15) is 11.6 Å². The van der Waals surface area contributed by atoms with Crippen molar-refractivity contribution in [3.8, 4) is 5.75 Å². The van der Waals surface area contributed by atoms with Gasteiger partial charge < -0.3 is 14.6 Å². The highest BCUT2D eigenvalue weighted by atomic mass is 32.2. The van der Waals surface area contributed by atoms with Gasteiger partial charge in [-0.2, -0.15) is 13.2 Å². The van der Waals surface area contributed by atoms with E-state index in [9.17, 15) is 21.6 Å². The van der Waals surface area contributed by atoms with Crippen LogP contribution in [0.25, 0.3) is 11.0 Å². The first kappa shape index (κ1) is 24.8. The van der Waals surface area contributed by atoms with E-state index in [1.54, 1.807) is 13.0 Å². The van der Waals surface area contributed by atoms with Crippen LogP contribution in [0.2, 0.25) is 0 Å². The van der Waals surface area contributed by atoms with Gasteiger partial charge in [0, 0.05) is 20.6 Å². The molecule has 2 aromatic carbocycles. The summed E-state index contributed by atoms with van der Waals surface area (Å²) in [5, 5.41) is 3.01. The average Bonchev–Trinajstić information content (AvgIpc) is 3.09. The molecule has 0 unspecified atom stereocenters. The quantitative estimate of drug-likeness (QED) is 0.475. The molecule has 3 rings (SSSR count). The van der Waals surface area contributed by atoms with Crippen molar-refractivity contribution in [2.24, 2.45) is 0 Å². The van der Waals surface area contributed by atoms with Crippen molar-refractivity contribution in [3.05, 3.63) is 47.8 Å². The summed E-state index contributed by atoms with van der Waals surface area (Å²) in [7, 11) is -0.717. The number of alkyl halides is 3. The fraction of sp³-hybridized carbons (Fsp3) is 0.409. The Morgan fingerprint density at radius 1 is 1.12 bits per heavy atom. The predicted octanol–water partition coefficient (Wildman–Crippen LogP) is 4.73. The smallest absolute Gasteiger partial charge is 0.416 e. The number of anilines is 1. The zero-order valence-electron chi connectivity index (χ0n) is 18.9. The topological polar surface area (TPSA) is 76.5 Å². The largest absolute Gasteiger partial charge is 0.492 e. The summed E-state index contributed by atoms with van der Waals surface area (Å²) < 4.78 is 73.1. The van der Waals surface area contributed by atoms with Gasteiger partial charge in [-0.3, -0.25) is 0 Å². The lowest BCUT2D eigenvalue weighted by molar-refractivity contribution is -0.137. The summed E-state index contributed by atoms with van der Waals surface area (Å²) in [5.41, 5.74) is 0.671. The Kier molecular flexibility index (Phi) is 7.23. The highest BCUT2D eigenvalue weighted by molar-refractivity contribution is 7.89. The maximum absolute atomic E-state index is 13.2. The fourth-order valence-corrected chi connectivity index (χ4v) is 4.36. The third-order valence-electron chi connectivity index (χ3n) is 5.07. The van der Waals surface area contributed by atoms with Crippen LogP contribution in [0.4, 0.5) is 18.9 Å². The van der Waals surface area contributed by atoms with E-state index in [4.69, 9.17) is 4.74 Å². The molecule has 0 amide bonds. The molecule has 1 N–H and O–H groups in total. The zero-order chi connectivity index (χ0) is 24.4. The number of aryl methyl sites for hydroxylation is 1. The number of fused-ring (bicyclic) bond motifs is 1. The maximum atomic E-state index is 13.2. The van der Waals surface area contributed by atoms with Crippen LogP contribution in [0.15, 0.2) is 41.3 Å².